The summed E-state index contributed by atoms with van der Waals surface area (Å²) >= 11 is 0. The van der Waals surface area contributed by atoms with Gasteiger partial charge in [-0.3, -0.25) is 4.79 Å². The van der Waals surface area contributed by atoms with Crippen LogP contribution in [-0.2, 0) is 4.79 Å². The van der Waals surface area contributed by atoms with Crippen LogP contribution in [0.3, 0.4) is 0 Å². The summed E-state index contributed by atoms with van der Waals surface area (Å²) in [5.74, 6) is 3.46. The van der Waals surface area contributed by atoms with E-state index in [4.69, 9.17) is 5.73 Å². The number of carbonyl (C=O) groups excluding carboxylic acids is 1. The van der Waals surface area contributed by atoms with Crippen LogP contribution in [0.1, 0.15) is 5.56 Å². The Kier molecular flexibility index (Phi) is 3.63. The van der Waals surface area contributed by atoms with Gasteiger partial charge in [0, 0.05) is 5.92 Å². The van der Waals surface area contributed by atoms with Crippen LogP contribution >= 0.6 is 0 Å². The van der Waals surface area contributed by atoms with Crippen LogP contribution in [0.15, 0.2) is 24.3 Å². The number of amides is 1. The Labute approximate surface area is 84.8 Å². The smallest absolute Gasteiger partial charge is 0.387 e. The molecule has 0 fully saturated rings. The van der Waals surface area contributed by atoms with E-state index < -0.39 is 12.5 Å². The largest absolute Gasteiger partial charge is 0.434 e. The summed E-state index contributed by atoms with van der Waals surface area (Å²) in [6.45, 7) is -2.93. The van der Waals surface area contributed by atoms with Gasteiger partial charge in [0.2, 0.25) is 0 Å². The van der Waals surface area contributed by atoms with E-state index in [1.54, 1.807) is 6.07 Å². The first-order chi connectivity index (χ1) is 7.09. The minimum Gasteiger partial charge on any atom is -0.434 e. The molecule has 0 saturated heterocycles. The van der Waals surface area contributed by atoms with Gasteiger partial charge in [-0.2, -0.15) is 8.78 Å². The molecule has 1 rings (SSSR count). The number of ether oxygens (including phenoxy) is 1. The van der Waals surface area contributed by atoms with Crippen molar-refractivity contribution in [3.63, 3.8) is 0 Å². The van der Waals surface area contributed by atoms with Crippen LogP contribution in [-0.4, -0.2) is 12.5 Å². The molecular formula is C10H7F2NO2. The zero-order chi connectivity index (χ0) is 11.3. The van der Waals surface area contributed by atoms with Crippen LogP contribution in [0.2, 0.25) is 0 Å². The summed E-state index contributed by atoms with van der Waals surface area (Å²) in [6, 6.07) is 5.89. The molecule has 2 N–H and O–H groups in total. The maximum Gasteiger partial charge on any atom is 0.387 e. The maximum absolute atomic E-state index is 11.9. The number of primary amides is 1. The standard InChI is InChI=1S/C10H7F2NO2/c11-10(12)15-8-4-2-1-3-7(8)5-6-9(13)14/h1-4,10H,(H2,13,14). The number of alkyl halides is 2. The number of para-hydroxylation sites is 1. The number of halogens is 2. The first kappa shape index (κ1) is 11.0. The Morgan fingerprint density at radius 3 is 2.67 bits per heavy atom. The van der Waals surface area contributed by atoms with E-state index in [1.807, 2.05) is 5.92 Å². The number of nitrogens with two attached hydrogens (primary N) is 1. The Morgan fingerprint density at radius 1 is 1.40 bits per heavy atom. The molecule has 15 heavy (non-hydrogen) atoms. The molecule has 5 heteroatoms. The molecule has 0 heterocycles. The molecule has 3 nitrogen and oxygen atoms in total. The zero-order valence-corrected chi connectivity index (χ0v) is 7.54. The molecule has 0 aliphatic carbocycles. The summed E-state index contributed by atoms with van der Waals surface area (Å²) in [4.78, 5) is 10.4. The minimum absolute atomic E-state index is 0.0822. The molecule has 0 spiro atoms. The second-order valence-corrected chi connectivity index (χ2v) is 2.49. The molecule has 1 aromatic rings. The quantitative estimate of drug-likeness (QED) is 0.745. The lowest BCUT2D eigenvalue weighted by Crippen LogP contribution is -2.06. The average molecular weight is 211 g/mol. The fraction of sp³-hybridized carbons (Fsp3) is 0.100. The van der Waals surface area contributed by atoms with Crippen LogP contribution in [0, 0.1) is 11.8 Å². The molecule has 0 atom stereocenters. The van der Waals surface area contributed by atoms with Gasteiger partial charge in [0.05, 0.1) is 5.56 Å². The van der Waals surface area contributed by atoms with Gasteiger partial charge in [-0.25, -0.2) is 0 Å². The Hall–Kier alpha value is -2.09. The number of hydrogen-bond acceptors (Lipinski definition) is 2. The van der Waals surface area contributed by atoms with Crippen molar-refractivity contribution in [2.24, 2.45) is 5.73 Å². The highest BCUT2D eigenvalue weighted by atomic mass is 19.3. The van der Waals surface area contributed by atoms with Crippen molar-refractivity contribution in [2.75, 3.05) is 0 Å². The summed E-state index contributed by atoms with van der Waals surface area (Å²) in [5, 5.41) is 0. The van der Waals surface area contributed by atoms with Crippen molar-refractivity contribution in [3.05, 3.63) is 29.8 Å². The summed E-state index contributed by atoms with van der Waals surface area (Å²) in [7, 11) is 0. The van der Waals surface area contributed by atoms with Gasteiger partial charge >= 0.3 is 6.61 Å². The number of rotatable bonds is 2. The predicted molar refractivity (Wildman–Crippen MR) is 49.1 cm³/mol. The fourth-order valence-electron chi connectivity index (χ4n) is 0.898. The van der Waals surface area contributed by atoms with Crippen molar-refractivity contribution in [3.8, 4) is 17.6 Å². The summed E-state index contributed by atoms with van der Waals surface area (Å²) in [6.07, 6.45) is 0. The van der Waals surface area contributed by atoms with Gasteiger partial charge in [0.15, 0.2) is 0 Å². The lowest BCUT2D eigenvalue weighted by molar-refractivity contribution is -0.112. The van der Waals surface area contributed by atoms with Crippen molar-refractivity contribution >= 4 is 5.91 Å². The first-order valence-corrected chi connectivity index (χ1v) is 3.95. The second kappa shape index (κ2) is 4.96. The maximum atomic E-state index is 11.9. The van der Waals surface area contributed by atoms with Crippen molar-refractivity contribution in [1.82, 2.24) is 0 Å². The third-order valence-electron chi connectivity index (χ3n) is 1.42. The Bertz CT molecular complexity index is 421. The third kappa shape index (κ3) is 3.65. The number of carbonyl (C=O) groups is 1. The molecule has 1 amide bonds. The first-order valence-electron chi connectivity index (χ1n) is 3.95. The van der Waals surface area contributed by atoms with E-state index in [9.17, 15) is 13.6 Å². The number of hydrogen-bond donors (Lipinski definition) is 1. The van der Waals surface area contributed by atoms with Crippen molar-refractivity contribution < 1.29 is 18.3 Å². The van der Waals surface area contributed by atoms with Gasteiger partial charge in [0.25, 0.3) is 5.91 Å². The summed E-state index contributed by atoms with van der Waals surface area (Å²) < 4.78 is 28.1. The monoisotopic (exact) mass is 211 g/mol. The van der Waals surface area contributed by atoms with E-state index in [2.05, 4.69) is 10.7 Å². The van der Waals surface area contributed by atoms with E-state index in [0.717, 1.165) is 0 Å². The fourth-order valence-corrected chi connectivity index (χ4v) is 0.898. The van der Waals surface area contributed by atoms with Gasteiger partial charge in [0.1, 0.15) is 5.75 Å². The van der Waals surface area contributed by atoms with Crippen LogP contribution < -0.4 is 10.5 Å². The van der Waals surface area contributed by atoms with Crippen molar-refractivity contribution in [1.29, 1.82) is 0 Å². The Balaban J connectivity index is 2.97. The highest BCUT2D eigenvalue weighted by Gasteiger charge is 2.06. The second-order valence-electron chi connectivity index (χ2n) is 2.49. The number of benzene rings is 1. The van der Waals surface area contributed by atoms with Crippen molar-refractivity contribution in [2.45, 2.75) is 6.61 Å². The molecule has 0 aromatic heterocycles. The topological polar surface area (TPSA) is 52.3 Å². The Morgan fingerprint density at radius 2 is 2.07 bits per heavy atom. The lowest BCUT2D eigenvalue weighted by atomic mass is 10.2. The van der Waals surface area contributed by atoms with E-state index in [1.165, 1.54) is 18.2 Å². The molecule has 0 radical (unpaired) electrons. The molecule has 0 aliphatic rings. The van der Waals surface area contributed by atoms with E-state index >= 15 is 0 Å². The molecule has 0 saturated carbocycles. The van der Waals surface area contributed by atoms with Gasteiger partial charge in [-0.15, -0.1) is 0 Å². The minimum atomic E-state index is -2.93. The van der Waals surface area contributed by atoms with Gasteiger partial charge in [-0.1, -0.05) is 18.1 Å². The molecule has 1 aromatic carbocycles. The molecule has 78 valence electrons. The molecule has 0 aliphatic heterocycles. The SMILES string of the molecule is NC(=O)C#Cc1ccccc1OC(F)F. The third-order valence-corrected chi connectivity index (χ3v) is 1.42. The van der Waals surface area contributed by atoms with Crippen LogP contribution in [0.25, 0.3) is 0 Å². The van der Waals surface area contributed by atoms with Gasteiger partial charge < -0.3 is 10.5 Å². The lowest BCUT2D eigenvalue weighted by Gasteiger charge is -2.05. The zero-order valence-electron chi connectivity index (χ0n) is 7.54. The highest BCUT2D eigenvalue weighted by Crippen LogP contribution is 2.18. The highest BCUT2D eigenvalue weighted by molar-refractivity contribution is 5.92. The average Bonchev–Trinajstić information content (AvgIpc) is 2.15. The van der Waals surface area contributed by atoms with E-state index in [0.29, 0.717) is 0 Å². The van der Waals surface area contributed by atoms with Crippen LogP contribution in [0.4, 0.5) is 8.78 Å². The predicted octanol–water partition coefficient (Wildman–Crippen LogP) is 1.12. The van der Waals surface area contributed by atoms with Crippen LogP contribution in [0.5, 0.6) is 5.75 Å². The summed E-state index contributed by atoms with van der Waals surface area (Å²) in [5.41, 5.74) is 4.98. The molecule has 0 bridgehead atoms. The normalized spacial score (nSPS) is 9.27. The van der Waals surface area contributed by atoms with E-state index in [-0.39, 0.29) is 11.3 Å². The van der Waals surface area contributed by atoms with Gasteiger partial charge in [-0.05, 0) is 12.1 Å². The molecule has 0 unspecified atom stereocenters. The molecular weight excluding hydrogens is 204 g/mol.